The minimum atomic E-state index is -1.00. The fraction of sp³-hybridized carbons (Fsp3) is 0.132. The number of carbonyl (C=O) groups is 2. The largest absolute Gasteiger partial charge is 0.390 e. The number of fused-ring (bicyclic) bond motifs is 4. The first-order valence-electron chi connectivity index (χ1n) is 15.4. The Morgan fingerprint density at radius 1 is 0.787 bits per heavy atom. The van der Waals surface area contributed by atoms with Crippen LogP contribution in [0.25, 0.3) is 50.3 Å². The minimum absolute atomic E-state index is 0.255. The number of benzene rings is 3. The van der Waals surface area contributed by atoms with E-state index < -0.39 is 11.1 Å². The van der Waals surface area contributed by atoms with Gasteiger partial charge in [-0.15, -0.1) is 0 Å². The van der Waals surface area contributed by atoms with Gasteiger partial charge in [0.2, 0.25) is 0 Å². The summed E-state index contributed by atoms with van der Waals surface area (Å²) < 4.78 is 1.79. The third-order valence-corrected chi connectivity index (χ3v) is 10.1. The van der Waals surface area contributed by atoms with E-state index in [1.54, 1.807) is 47.0 Å². The standard InChI is InChI=1S/C38H27N5O3S/c1-37(46)21-38(22-37,42-35(44)28-9-5-6-10-29(28)36(42)45)27-13-11-24(12-14-27)33-30(23-7-3-2-4-8-23)17-26-19-39-32-18-31(25-15-16-47-20-25)41-43(32)34(26)40-33/h2-20,46H,21-22H2,1H3/t37-,38-. The Morgan fingerprint density at radius 2 is 1.49 bits per heavy atom. The lowest BCUT2D eigenvalue weighted by molar-refractivity contribution is -0.118. The molecule has 4 aromatic heterocycles. The Bertz CT molecular complexity index is 2340. The minimum Gasteiger partial charge on any atom is -0.390 e. The maximum atomic E-state index is 13.6. The zero-order chi connectivity index (χ0) is 31.9. The van der Waals surface area contributed by atoms with Crippen molar-refractivity contribution in [2.24, 2.45) is 0 Å². The van der Waals surface area contributed by atoms with E-state index in [2.05, 4.69) is 23.6 Å². The Kier molecular flexibility index (Phi) is 5.90. The molecule has 1 aliphatic carbocycles. The van der Waals surface area contributed by atoms with Crippen LogP contribution in [0, 0.1) is 0 Å². The fourth-order valence-electron chi connectivity index (χ4n) is 7.36. The number of pyridine rings is 1. The van der Waals surface area contributed by atoms with Crippen molar-refractivity contribution in [3.05, 3.63) is 131 Å². The van der Waals surface area contributed by atoms with E-state index in [1.165, 1.54) is 4.90 Å². The second kappa shape index (κ2) is 9.99. The predicted molar refractivity (Wildman–Crippen MR) is 181 cm³/mol. The highest BCUT2D eigenvalue weighted by molar-refractivity contribution is 7.08. The zero-order valence-electron chi connectivity index (χ0n) is 25.3. The monoisotopic (exact) mass is 633 g/mol. The molecule has 8 nitrogen and oxygen atoms in total. The highest BCUT2D eigenvalue weighted by Gasteiger charge is 2.60. The van der Waals surface area contributed by atoms with Gasteiger partial charge in [-0.1, -0.05) is 66.7 Å². The molecule has 9 heteroatoms. The molecule has 228 valence electrons. The third-order valence-electron chi connectivity index (χ3n) is 9.42. The summed E-state index contributed by atoms with van der Waals surface area (Å²) in [4.78, 5) is 38.5. The molecule has 2 aliphatic rings. The van der Waals surface area contributed by atoms with Gasteiger partial charge < -0.3 is 5.11 Å². The lowest BCUT2D eigenvalue weighted by Crippen LogP contribution is -2.63. The van der Waals surface area contributed by atoms with Crippen LogP contribution in [-0.2, 0) is 5.54 Å². The number of nitrogens with zero attached hydrogens (tertiary/aromatic N) is 5. The lowest BCUT2D eigenvalue weighted by atomic mass is 9.61. The Balaban J connectivity index is 1.18. The van der Waals surface area contributed by atoms with Gasteiger partial charge >= 0.3 is 0 Å². The van der Waals surface area contributed by atoms with Gasteiger partial charge in [-0.3, -0.25) is 14.5 Å². The predicted octanol–water partition coefficient (Wildman–Crippen LogP) is 7.38. The first-order valence-corrected chi connectivity index (χ1v) is 16.3. The molecule has 3 aromatic carbocycles. The van der Waals surface area contributed by atoms with Crippen molar-refractivity contribution >= 4 is 39.8 Å². The summed E-state index contributed by atoms with van der Waals surface area (Å²) in [6.45, 7) is 1.75. The van der Waals surface area contributed by atoms with E-state index in [1.807, 2.05) is 66.2 Å². The van der Waals surface area contributed by atoms with Gasteiger partial charge in [0.1, 0.15) is 0 Å². The SMILES string of the molecule is C[C@]1(O)C[C@](c2ccc(-c3nc4c(cnc5cc(-c6ccsc6)nn54)cc3-c3ccccc3)cc2)(N2C(=O)c3ccccc3C2=O)C1. The molecule has 0 radical (unpaired) electrons. The molecule has 0 bridgehead atoms. The first kappa shape index (κ1) is 27.8. The molecule has 0 spiro atoms. The van der Waals surface area contributed by atoms with Crippen LogP contribution in [0.3, 0.4) is 0 Å². The van der Waals surface area contributed by atoms with Crippen molar-refractivity contribution in [2.45, 2.75) is 30.9 Å². The highest BCUT2D eigenvalue weighted by Crippen LogP contribution is 2.54. The second-order valence-corrected chi connectivity index (χ2v) is 13.5. The van der Waals surface area contributed by atoms with Gasteiger partial charge in [0.25, 0.3) is 11.8 Å². The third kappa shape index (κ3) is 4.20. The average molecular weight is 634 g/mol. The van der Waals surface area contributed by atoms with Crippen LogP contribution < -0.4 is 0 Å². The Labute approximate surface area is 273 Å². The molecule has 9 rings (SSSR count). The van der Waals surface area contributed by atoms with Crippen LogP contribution in [-0.4, -0.2) is 47.0 Å². The number of hydrogen-bond donors (Lipinski definition) is 1. The number of aromatic nitrogens is 4. The number of thiophene rings is 1. The topological polar surface area (TPSA) is 101 Å². The molecule has 7 aromatic rings. The second-order valence-electron chi connectivity index (χ2n) is 12.7. The van der Waals surface area contributed by atoms with Crippen molar-refractivity contribution in [3.63, 3.8) is 0 Å². The normalized spacial score (nSPS) is 20.6. The van der Waals surface area contributed by atoms with Crippen LogP contribution >= 0.6 is 11.3 Å². The molecule has 1 aliphatic heterocycles. The molecule has 47 heavy (non-hydrogen) atoms. The van der Waals surface area contributed by atoms with Gasteiger partial charge in [-0.2, -0.15) is 21.0 Å². The lowest BCUT2D eigenvalue weighted by Gasteiger charge is -2.55. The van der Waals surface area contributed by atoms with Crippen LogP contribution in [0.5, 0.6) is 0 Å². The molecule has 0 unspecified atom stereocenters. The molecular weight excluding hydrogens is 607 g/mol. The molecule has 1 fully saturated rings. The molecule has 1 N–H and O–H groups in total. The van der Waals surface area contributed by atoms with Gasteiger partial charge in [0, 0.05) is 52.6 Å². The number of carbonyl (C=O) groups excluding carboxylic acids is 2. The summed E-state index contributed by atoms with van der Waals surface area (Å²) in [5, 5.41) is 20.8. The molecule has 5 heterocycles. The van der Waals surface area contributed by atoms with E-state index in [0.717, 1.165) is 44.6 Å². The summed E-state index contributed by atoms with van der Waals surface area (Å²) in [5.74, 6) is -0.655. The molecule has 2 amide bonds. The Hall–Kier alpha value is -5.51. The summed E-state index contributed by atoms with van der Waals surface area (Å²) in [5.41, 5.74) is 6.49. The molecule has 1 saturated carbocycles. The van der Waals surface area contributed by atoms with Crippen molar-refractivity contribution in [2.75, 3.05) is 0 Å². The summed E-state index contributed by atoms with van der Waals surface area (Å²) in [7, 11) is 0. The van der Waals surface area contributed by atoms with Crippen LogP contribution in [0.2, 0.25) is 0 Å². The van der Waals surface area contributed by atoms with Crippen LogP contribution in [0.1, 0.15) is 46.0 Å². The van der Waals surface area contributed by atoms with Gasteiger partial charge in [-0.05, 0) is 47.7 Å². The highest BCUT2D eigenvalue weighted by atomic mass is 32.1. The van der Waals surface area contributed by atoms with Crippen molar-refractivity contribution in [3.8, 4) is 33.6 Å². The fourth-order valence-corrected chi connectivity index (χ4v) is 8.01. The van der Waals surface area contributed by atoms with E-state index in [9.17, 15) is 14.7 Å². The number of hydrogen-bond acceptors (Lipinski definition) is 7. The average Bonchev–Trinajstić information content (AvgIpc) is 3.83. The smallest absolute Gasteiger partial charge is 0.262 e. The van der Waals surface area contributed by atoms with Crippen molar-refractivity contribution in [1.82, 2.24) is 24.5 Å². The van der Waals surface area contributed by atoms with Crippen molar-refractivity contribution < 1.29 is 14.7 Å². The zero-order valence-corrected chi connectivity index (χ0v) is 26.1. The van der Waals surface area contributed by atoms with Gasteiger partial charge in [-0.25, -0.2) is 9.97 Å². The molecular formula is C38H27N5O3S. The van der Waals surface area contributed by atoms with E-state index in [-0.39, 0.29) is 24.7 Å². The summed E-state index contributed by atoms with van der Waals surface area (Å²) >= 11 is 1.62. The molecule has 0 saturated heterocycles. The van der Waals surface area contributed by atoms with E-state index >= 15 is 0 Å². The van der Waals surface area contributed by atoms with Crippen molar-refractivity contribution in [1.29, 1.82) is 0 Å². The van der Waals surface area contributed by atoms with Crippen LogP contribution in [0.4, 0.5) is 0 Å². The molecule has 0 atom stereocenters. The van der Waals surface area contributed by atoms with Crippen LogP contribution in [0.15, 0.2) is 114 Å². The first-order chi connectivity index (χ1) is 22.8. The Morgan fingerprint density at radius 3 is 2.15 bits per heavy atom. The van der Waals surface area contributed by atoms with Gasteiger partial charge in [0.15, 0.2) is 11.3 Å². The summed E-state index contributed by atoms with van der Waals surface area (Å²) in [6.07, 6.45) is 2.35. The van der Waals surface area contributed by atoms with E-state index in [4.69, 9.17) is 15.1 Å². The number of amides is 2. The number of aliphatic hydroxyl groups is 1. The van der Waals surface area contributed by atoms with Gasteiger partial charge in [0.05, 0.1) is 33.7 Å². The summed E-state index contributed by atoms with van der Waals surface area (Å²) in [6, 6.07) is 31.0. The maximum Gasteiger partial charge on any atom is 0.262 e. The quantitative estimate of drug-likeness (QED) is 0.199. The van der Waals surface area contributed by atoms with E-state index in [0.29, 0.717) is 22.4 Å². The number of imide groups is 1. The number of rotatable bonds is 5. The maximum absolute atomic E-state index is 13.6.